The summed E-state index contributed by atoms with van der Waals surface area (Å²) in [7, 11) is 1.62. The van der Waals surface area contributed by atoms with Gasteiger partial charge in [0.15, 0.2) is 0 Å². The number of carbonyl (C=O) groups excluding carboxylic acids is 1. The molecule has 1 heterocycles. The second-order valence-electron chi connectivity index (χ2n) is 6.98. The second-order valence-corrected chi connectivity index (χ2v) is 6.98. The fraction of sp³-hybridized carbons (Fsp3) is 0.611. The number of nitrogens with zero attached hydrogens (tertiary/aromatic N) is 1. The minimum absolute atomic E-state index is 0.0349. The predicted molar refractivity (Wildman–Crippen MR) is 85.2 cm³/mol. The molecular weight excluding hydrogens is 278 g/mol. The van der Waals surface area contributed by atoms with Crippen LogP contribution in [0.2, 0.25) is 0 Å². The van der Waals surface area contributed by atoms with Crippen molar-refractivity contribution >= 4 is 5.91 Å². The van der Waals surface area contributed by atoms with Gasteiger partial charge in [-0.3, -0.25) is 4.79 Å². The van der Waals surface area contributed by atoms with Crippen molar-refractivity contribution < 1.29 is 14.6 Å². The first-order chi connectivity index (χ1) is 10.4. The first-order valence-corrected chi connectivity index (χ1v) is 8.05. The van der Waals surface area contributed by atoms with Crippen LogP contribution in [-0.2, 0) is 0 Å². The number of aliphatic hydroxyl groups is 1. The molecule has 0 bridgehead atoms. The number of methoxy groups -OCH3 is 1. The van der Waals surface area contributed by atoms with Crippen molar-refractivity contribution in [2.45, 2.75) is 45.1 Å². The molecule has 1 amide bonds. The molecule has 1 spiro atoms. The van der Waals surface area contributed by atoms with Crippen LogP contribution in [0.4, 0.5) is 0 Å². The van der Waals surface area contributed by atoms with Crippen molar-refractivity contribution in [2.75, 3.05) is 20.2 Å². The van der Waals surface area contributed by atoms with Crippen LogP contribution in [-0.4, -0.2) is 41.7 Å². The number of rotatable bonds is 2. The van der Waals surface area contributed by atoms with E-state index in [9.17, 15) is 9.90 Å². The Morgan fingerprint density at radius 3 is 2.41 bits per heavy atom. The number of amides is 1. The van der Waals surface area contributed by atoms with Crippen molar-refractivity contribution in [3.05, 3.63) is 29.3 Å². The van der Waals surface area contributed by atoms with Crippen molar-refractivity contribution in [1.29, 1.82) is 0 Å². The second kappa shape index (κ2) is 5.27. The Morgan fingerprint density at radius 2 is 1.91 bits per heavy atom. The maximum Gasteiger partial charge on any atom is 0.254 e. The van der Waals surface area contributed by atoms with E-state index in [4.69, 9.17) is 4.74 Å². The summed E-state index contributed by atoms with van der Waals surface area (Å²) in [5, 5.41) is 10.4. The van der Waals surface area contributed by atoms with Gasteiger partial charge in [-0.05, 0) is 51.7 Å². The third-order valence-corrected chi connectivity index (χ3v) is 5.98. The zero-order valence-corrected chi connectivity index (χ0v) is 13.7. The van der Waals surface area contributed by atoms with Crippen LogP contribution in [0.1, 0.15) is 48.5 Å². The number of piperidine rings is 1. The minimum atomic E-state index is -0.548. The summed E-state index contributed by atoms with van der Waals surface area (Å²) < 4.78 is 5.31. The summed E-state index contributed by atoms with van der Waals surface area (Å²) in [5.41, 5.74) is 1.10. The Morgan fingerprint density at radius 1 is 1.23 bits per heavy atom. The molecule has 1 saturated heterocycles. The summed E-state index contributed by atoms with van der Waals surface area (Å²) in [4.78, 5) is 14.7. The minimum Gasteiger partial charge on any atom is -0.496 e. The van der Waals surface area contributed by atoms with Gasteiger partial charge in [0.05, 0.1) is 12.7 Å². The largest absolute Gasteiger partial charge is 0.496 e. The molecule has 3 rings (SSSR count). The lowest BCUT2D eigenvalue weighted by atomic mass is 9.53. The molecule has 4 nitrogen and oxygen atoms in total. The molecule has 0 radical (unpaired) electrons. The van der Waals surface area contributed by atoms with Crippen LogP contribution in [0.5, 0.6) is 5.75 Å². The summed E-state index contributed by atoms with van der Waals surface area (Å²) in [6.45, 7) is 5.33. The van der Waals surface area contributed by atoms with Crippen molar-refractivity contribution in [2.24, 2.45) is 5.41 Å². The SMILES string of the molecule is COc1cccc(C(=O)N2CCC3(CC2)CCC3(C)O)c1C. The van der Waals surface area contributed by atoms with Crippen LogP contribution in [0, 0.1) is 12.3 Å². The highest BCUT2D eigenvalue weighted by Gasteiger charge is 2.55. The van der Waals surface area contributed by atoms with Gasteiger partial charge in [-0.2, -0.15) is 0 Å². The van der Waals surface area contributed by atoms with Gasteiger partial charge < -0.3 is 14.7 Å². The van der Waals surface area contributed by atoms with E-state index < -0.39 is 5.60 Å². The van der Waals surface area contributed by atoms with Gasteiger partial charge in [-0.25, -0.2) is 0 Å². The zero-order chi connectivity index (χ0) is 16.0. The average Bonchev–Trinajstić information content (AvgIpc) is 2.53. The molecule has 1 aromatic rings. The Balaban J connectivity index is 1.73. The molecule has 1 aliphatic heterocycles. The molecule has 1 aromatic carbocycles. The van der Waals surface area contributed by atoms with Gasteiger partial charge in [0.2, 0.25) is 0 Å². The highest BCUT2D eigenvalue weighted by Crippen LogP contribution is 2.56. The molecule has 1 atom stereocenters. The van der Waals surface area contributed by atoms with E-state index in [-0.39, 0.29) is 11.3 Å². The van der Waals surface area contributed by atoms with E-state index in [1.807, 2.05) is 36.9 Å². The molecule has 1 unspecified atom stereocenters. The highest BCUT2D eigenvalue weighted by atomic mass is 16.5. The Bertz CT molecular complexity index is 586. The van der Waals surface area contributed by atoms with E-state index in [1.165, 1.54) is 0 Å². The van der Waals surface area contributed by atoms with Crippen LogP contribution in [0.15, 0.2) is 18.2 Å². The van der Waals surface area contributed by atoms with E-state index >= 15 is 0 Å². The Hall–Kier alpha value is -1.55. The number of carbonyl (C=O) groups is 1. The van der Waals surface area contributed by atoms with Crippen LogP contribution in [0.3, 0.4) is 0 Å². The molecule has 2 fully saturated rings. The zero-order valence-electron chi connectivity index (χ0n) is 13.7. The lowest BCUT2D eigenvalue weighted by Crippen LogP contribution is -2.60. The molecule has 0 aromatic heterocycles. The maximum atomic E-state index is 12.8. The first-order valence-electron chi connectivity index (χ1n) is 8.05. The highest BCUT2D eigenvalue weighted by molar-refractivity contribution is 5.96. The quantitative estimate of drug-likeness (QED) is 0.914. The summed E-state index contributed by atoms with van der Waals surface area (Å²) in [5.74, 6) is 0.825. The first kappa shape index (κ1) is 15.3. The number of ether oxygens (including phenoxy) is 1. The van der Waals surface area contributed by atoms with Gasteiger partial charge in [0.1, 0.15) is 5.75 Å². The number of hydrogen-bond donors (Lipinski definition) is 1. The molecule has 1 saturated carbocycles. The van der Waals surface area contributed by atoms with Crippen molar-refractivity contribution in [3.8, 4) is 5.75 Å². The van der Waals surface area contributed by atoms with Gasteiger partial charge in [-0.15, -0.1) is 0 Å². The molecular formula is C18H25NO3. The molecule has 1 N–H and O–H groups in total. The number of benzene rings is 1. The van der Waals surface area contributed by atoms with E-state index in [0.717, 1.165) is 55.6 Å². The van der Waals surface area contributed by atoms with Crippen molar-refractivity contribution in [1.82, 2.24) is 4.90 Å². The lowest BCUT2D eigenvalue weighted by Gasteiger charge is -2.58. The number of likely N-dealkylation sites (tertiary alicyclic amines) is 1. The maximum absolute atomic E-state index is 12.8. The molecule has 1 aliphatic carbocycles. The summed E-state index contributed by atoms with van der Waals surface area (Å²) >= 11 is 0. The fourth-order valence-electron chi connectivity index (χ4n) is 4.00. The van der Waals surface area contributed by atoms with Crippen LogP contribution < -0.4 is 4.74 Å². The van der Waals surface area contributed by atoms with E-state index in [2.05, 4.69) is 0 Å². The third-order valence-electron chi connectivity index (χ3n) is 5.98. The molecule has 120 valence electrons. The average molecular weight is 303 g/mol. The topological polar surface area (TPSA) is 49.8 Å². The fourth-order valence-corrected chi connectivity index (χ4v) is 4.00. The van der Waals surface area contributed by atoms with E-state index in [1.54, 1.807) is 7.11 Å². The van der Waals surface area contributed by atoms with Gasteiger partial charge in [0.25, 0.3) is 5.91 Å². The Labute approximate surface area is 132 Å². The van der Waals surface area contributed by atoms with E-state index in [0.29, 0.717) is 0 Å². The normalized spacial score (nSPS) is 26.6. The van der Waals surface area contributed by atoms with Gasteiger partial charge in [0, 0.05) is 29.6 Å². The monoisotopic (exact) mass is 303 g/mol. The standard InChI is InChI=1S/C18H25NO3/c1-13-14(5-4-6-15(13)22-3)16(20)19-11-9-18(10-12-19)8-7-17(18,2)21/h4-6,21H,7-12H2,1-3H3. The third kappa shape index (κ3) is 2.21. The molecule has 2 aliphatic rings. The molecule has 22 heavy (non-hydrogen) atoms. The predicted octanol–water partition coefficient (Wildman–Crippen LogP) is 2.77. The smallest absolute Gasteiger partial charge is 0.254 e. The summed E-state index contributed by atoms with van der Waals surface area (Å²) in [6, 6.07) is 5.61. The Kier molecular flexibility index (Phi) is 3.68. The van der Waals surface area contributed by atoms with Crippen LogP contribution >= 0.6 is 0 Å². The summed E-state index contributed by atoms with van der Waals surface area (Å²) in [6.07, 6.45) is 3.76. The number of hydrogen-bond acceptors (Lipinski definition) is 3. The van der Waals surface area contributed by atoms with Gasteiger partial charge >= 0.3 is 0 Å². The van der Waals surface area contributed by atoms with Crippen molar-refractivity contribution in [3.63, 3.8) is 0 Å². The lowest BCUT2D eigenvalue weighted by molar-refractivity contribution is -0.174. The van der Waals surface area contributed by atoms with Crippen LogP contribution in [0.25, 0.3) is 0 Å². The van der Waals surface area contributed by atoms with Gasteiger partial charge in [-0.1, -0.05) is 6.07 Å². The molecule has 4 heteroatoms.